The topological polar surface area (TPSA) is 27.6 Å². The van der Waals surface area contributed by atoms with Crippen molar-refractivity contribution in [1.29, 1.82) is 0 Å². The normalized spacial score (nSPS) is 19.0. The summed E-state index contributed by atoms with van der Waals surface area (Å²) in [4.78, 5) is 2.22. The van der Waals surface area contributed by atoms with Crippen LogP contribution in [0.5, 0.6) is 0 Å². The second kappa shape index (κ2) is 5.76. The molecule has 2 heterocycles. The number of hydrazone groups is 1. The largest absolute Gasteiger partial charge is 0.301 e. The molecule has 2 aliphatic rings. The zero-order valence-electron chi connectivity index (χ0n) is 13.1. The van der Waals surface area contributed by atoms with Gasteiger partial charge >= 0.3 is 0 Å². The molecule has 4 rings (SSSR count). The standard InChI is InChI=1S/C20H19N3/c1-15-13-18(14-16-7-3-2-4-8-16)21-22-20-12-11-17-9-5-6-10-19(17)23(15)20/h2-13,18,21H,14H2,1H3/t18-/m1/s1. The fourth-order valence-electron chi connectivity index (χ4n) is 3.18. The number of anilines is 1. The Bertz CT molecular complexity index is 803. The molecule has 0 aromatic heterocycles. The molecule has 2 aromatic rings. The number of hydrogen-bond donors (Lipinski definition) is 1. The van der Waals surface area contributed by atoms with Crippen molar-refractivity contribution in [1.82, 2.24) is 5.43 Å². The number of hydrogen-bond acceptors (Lipinski definition) is 3. The molecule has 114 valence electrons. The van der Waals surface area contributed by atoms with E-state index in [9.17, 15) is 0 Å². The van der Waals surface area contributed by atoms with Crippen LogP contribution in [0.15, 0.2) is 77.5 Å². The van der Waals surface area contributed by atoms with Crippen LogP contribution in [0.2, 0.25) is 0 Å². The van der Waals surface area contributed by atoms with E-state index in [1.165, 1.54) is 22.5 Å². The minimum absolute atomic E-state index is 0.191. The summed E-state index contributed by atoms with van der Waals surface area (Å²) in [5, 5.41) is 4.63. The van der Waals surface area contributed by atoms with Crippen molar-refractivity contribution in [2.45, 2.75) is 19.4 Å². The van der Waals surface area contributed by atoms with Crippen LogP contribution in [0, 0.1) is 0 Å². The zero-order chi connectivity index (χ0) is 15.6. The van der Waals surface area contributed by atoms with Crippen molar-refractivity contribution in [3.8, 4) is 0 Å². The molecular weight excluding hydrogens is 282 g/mol. The van der Waals surface area contributed by atoms with Gasteiger partial charge in [-0.25, -0.2) is 0 Å². The van der Waals surface area contributed by atoms with E-state index < -0.39 is 0 Å². The summed E-state index contributed by atoms with van der Waals surface area (Å²) in [6.45, 7) is 2.15. The number of amidine groups is 1. The lowest BCUT2D eigenvalue weighted by atomic mass is 10.0. The number of benzene rings is 2. The van der Waals surface area contributed by atoms with Crippen molar-refractivity contribution in [3.63, 3.8) is 0 Å². The van der Waals surface area contributed by atoms with Gasteiger partial charge < -0.3 is 5.43 Å². The SMILES string of the molecule is CC1=C[C@H](Cc2ccccc2)NN=C2C=Cc3ccccc3N12. The molecule has 0 fully saturated rings. The predicted molar refractivity (Wildman–Crippen MR) is 96.2 cm³/mol. The lowest BCUT2D eigenvalue weighted by Gasteiger charge is -2.28. The highest BCUT2D eigenvalue weighted by Crippen LogP contribution is 2.30. The molecule has 1 atom stereocenters. The minimum atomic E-state index is 0.191. The highest BCUT2D eigenvalue weighted by molar-refractivity contribution is 6.13. The molecule has 2 aliphatic heterocycles. The van der Waals surface area contributed by atoms with Crippen LogP contribution in [-0.4, -0.2) is 11.9 Å². The van der Waals surface area contributed by atoms with Gasteiger partial charge in [-0.15, -0.1) is 0 Å². The van der Waals surface area contributed by atoms with E-state index in [0.717, 1.165) is 12.3 Å². The van der Waals surface area contributed by atoms with Gasteiger partial charge in [0.15, 0.2) is 5.84 Å². The molecule has 0 amide bonds. The Labute approximate surface area is 136 Å². The molecular formula is C20H19N3. The third kappa shape index (κ3) is 2.66. The predicted octanol–water partition coefficient (Wildman–Crippen LogP) is 3.95. The zero-order valence-corrected chi connectivity index (χ0v) is 13.1. The molecule has 0 bridgehead atoms. The number of fused-ring (bicyclic) bond motifs is 3. The molecule has 2 aromatic carbocycles. The summed E-state index contributed by atoms with van der Waals surface area (Å²) in [6, 6.07) is 19.1. The summed E-state index contributed by atoms with van der Waals surface area (Å²) in [5.41, 5.74) is 8.23. The van der Waals surface area contributed by atoms with E-state index in [0.29, 0.717) is 0 Å². The molecule has 0 unspecified atom stereocenters. The van der Waals surface area contributed by atoms with E-state index in [-0.39, 0.29) is 6.04 Å². The summed E-state index contributed by atoms with van der Waals surface area (Å²) in [6.07, 6.45) is 7.38. The Kier molecular flexibility index (Phi) is 3.46. The van der Waals surface area contributed by atoms with Gasteiger partial charge in [-0.2, -0.15) is 5.10 Å². The summed E-state index contributed by atoms with van der Waals surface area (Å²) >= 11 is 0. The molecule has 1 N–H and O–H groups in total. The van der Waals surface area contributed by atoms with Crippen molar-refractivity contribution >= 4 is 17.6 Å². The highest BCUT2D eigenvalue weighted by atomic mass is 15.4. The summed E-state index contributed by atoms with van der Waals surface area (Å²) in [5.74, 6) is 0.938. The molecule has 3 heteroatoms. The number of rotatable bonds is 2. The van der Waals surface area contributed by atoms with Crippen molar-refractivity contribution < 1.29 is 0 Å². The quantitative estimate of drug-likeness (QED) is 0.909. The second-order valence-electron chi connectivity index (χ2n) is 5.93. The fourth-order valence-corrected chi connectivity index (χ4v) is 3.18. The number of allylic oxidation sites excluding steroid dienone is 1. The molecule has 0 radical (unpaired) electrons. The van der Waals surface area contributed by atoms with E-state index in [2.05, 4.69) is 89.1 Å². The van der Waals surface area contributed by atoms with Gasteiger partial charge in [0.05, 0.1) is 11.7 Å². The molecule has 0 saturated carbocycles. The van der Waals surface area contributed by atoms with Gasteiger partial charge in [0.1, 0.15) is 0 Å². The van der Waals surface area contributed by atoms with Gasteiger partial charge in [-0.05, 0) is 48.8 Å². The Hall–Kier alpha value is -2.81. The minimum Gasteiger partial charge on any atom is -0.301 e. The molecule has 0 spiro atoms. The van der Waals surface area contributed by atoms with Gasteiger partial charge in [-0.3, -0.25) is 4.90 Å². The maximum absolute atomic E-state index is 4.63. The molecule has 0 saturated heterocycles. The Morgan fingerprint density at radius 1 is 1.00 bits per heavy atom. The fraction of sp³-hybridized carbons (Fsp3) is 0.150. The molecule has 3 nitrogen and oxygen atoms in total. The van der Waals surface area contributed by atoms with Gasteiger partial charge in [-0.1, -0.05) is 48.5 Å². The van der Waals surface area contributed by atoms with Gasteiger partial charge in [0.2, 0.25) is 0 Å². The first-order valence-electron chi connectivity index (χ1n) is 7.94. The lowest BCUT2D eigenvalue weighted by molar-refractivity contribution is 0.621. The third-order valence-electron chi connectivity index (χ3n) is 4.26. The van der Waals surface area contributed by atoms with Crippen LogP contribution >= 0.6 is 0 Å². The van der Waals surface area contributed by atoms with Crippen molar-refractivity contribution in [2.24, 2.45) is 5.10 Å². The molecule has 23 heavy (non-hydrogen) atoms. The first-order chi connectivity index (χ1) is 11.3. The maximum atomic E-state index is 4.63. The number of para-hydroxylation sites is 1. The summed E-state index contributed by atoms with van der Waals surface area (Å²) in [7, 11) is 0. The van der Waals surface area contributed by atoms with Gasteiger partial charge in [0, 0.05) is 5.70 Å². The van der Waals surface area contributed by atoms with Crippen LogP contribution in [-0.2, 0) is 6.42 Å². The highest BCUT2D eigenvalue weighted by Gasteiger charge is 2.23. The van der Waals surface area contributed by atoms with Crippen LogP contribution in [0.3, 0.4) is 0 Å². The van der Waals surface area contributed by atoms with E-state index >= 15 is 0 Å². The Balaban J connectivity index is 1.67. The van der Waals surface area contributed by atoms with Crippen LogP contribution in [0.4, 0.5) is 5.69 Å². The van der Waals surface area contributed by atoms with Crippen LogP contribution < -0.4 is 10.3 Å². The monoisotopic (exact) mass is 301 g/mol. The van der Waals surface area contributed by atoms with E-state index in [1.807, 2.05) is 6.07 Å². The molecule has 0 aliphatic carbocycles. The average Bonchev–Trinajstić information content (AvgIpc) is 2.75. The van der Waals surface area contributed by atoms with Crippen molar-refractivity contribution in [2.75, 3.05) is 4.90 Å². The van der Waals surface area contributed by atoms with Gasteiger partial charge in [0.25, 0.3) is 0 Å². The summed E-state index contributed by atoms with van der Waals surface area (Å²) < 4.78 is 0. The Morgan fingerprint density at radius 2 is 1.78 bits per heavy atom. The first-order valence-corrected chi connectivity index (χ1v) is 7.94. The van der Waals surface area contributed by atoms with Crippen LogP contribution in [0.1, 0.15) is 18.1 Å². The van der Waals surface area contributed by atoms with E-state index in [1.54, 1.807) is 0 Å². The average molecular weight is 301 g/mol. The Morgan fingerprint density at radius 3 is 2.65 bits per heavy atom. The number of nitrogens with zero attached hydrogens (tertiary/aromatic N) is 2. The van der Waals surface area contributed by atoms with Crippen LogP contribution in [0.25, 0.3) is 6.08 Å². The maximum Gasteiger partial charge on any atom is 0.157 e. The smallest absolute Gasteiger partial charge is 0.157 e. The van der Waals surface area contributed by atoms with E-state index in [4.69, 9.17) is 0 Å². The third-order valence-corrected chi connectivity index (χ3v) is 4.26. The number of nitrogens with one attached hydrogen (secondary N) is 1. The first kappa shape index (κ1) is 13.8. The lowest BCUT2D eigenvalue weighted by Crippen LogP contribution is -2.30. The second-order valence-corrected chi connectivity index (χ2v) is 5.93. The van der Waals surface area contributed by atoms with Crippen molar-refractivity contribution in [3.05, 3.63) is 83.6 Å².